The summed E-state index contributed by atoms with van der Waals surface area (Å²) in [4.78, 5) is 4.39. The van der Waals surface area contributed by atoms with Crippen LogP contribution < -0.4 is 0 Å². The topological polar surface area (TPSA) is 25.5 Å². The molecule has 0 radical (unpaired) electrons. The maximum Gasteiger partial charge on any atom is 0.153 e. The Morgan fingerprint density at radius 1 is 0.824 bits per heavy atom. The highest BCUT2D eigenvalue weighted by Crippen LogP contribution is 2.34. The summed E-state index contributed by atoms with van der Waals surface area (Å²) in [5, 5.41) is 0. The summed E-state index contributed by atoms with van der Waals surface area (Å²) in [6.45, 7) is 7.83. The van der Waals surface area contributed by atoms with Gasteiger partial charge >= 0.3 is 0 Å². The Labute approximate surface area is 103 Å². The van der Waals surface area contributed by atoms with E-state index in [0.717, 1.165) is 22.8 Å². The molecule has 2 nitrogen and oxygen atoms in total. The molecule has 0 N–H and O–H groups in total. The molecular formula is C15H19NO. The molecule has 0 atom stereocenters. The Morgan fingerprint density at radius 2 is 1.41 bits per heavy atom. The molecule has 90 valence electrons. The van der Waals surface area contributed by atoms with E-state index < -0.39 is 0 Å². The lowest BCUT2D eigenvalue weighted by molar-refractivity contribution is 0.547. The number of nitrogens with zero attached hydrogens (tertiary/aromatic N) is 1. The van der Waals surface area contributed by atoms with Crippen LogP contribution in [0.15, 0.2) is 27.6 Å². The largest absolute Gasteiger partial charge is 0.454 e. The van der Waals surface area contributed by atoms with Crippen molar-refractivity contribution in [3.63, 3.8) is 0 Å². The Kier molecular flexibility index (Phi) is 5.21. The van der Waals surface area contributed by atoms with Crippen LogP contribution in [0, 0.1) is 0 Å². The van der Waals surface area contributed by atoms with Gasteiger partial charge in [0.2, 0.25) is 0 Å². The van der Waals surface area contributed by atoms with Gasteiger partial charge in [-0.25, -0.2) is 0 Å². The van der Waals surface area contributed by atoms with E-state index in [1.54, 1.807) is 6.21 Å². The molecular weight excluding hydrogens is 210 g/mol. The van der Waals surface area contributed by atoms with Crippen LogP contribution >= 0.6 is 0 Å². The summed E-state index contributed by atoms with van der Waals surface area (Å²) in [5.74, 6) is 1.64. The zero-order chi connectivity index (χ0) is 12.7. The highest BCUT2D eigenvalue weighted by Gasteiger charge is 2.13. The van der Waals surface area contributed by atoms with Crippen LogP contribution in [0.4, 0.5) is 5.69 Å². The Balaban J connectivity index is 3.47. The molecule has 0 bridgehead atoms. The van der Waals surface area contributed by atoms with Gasteiger partial charge in [-0.05, 0) is 39.8 Å². The van der Waals surface area contributed by atoms with Gasteiger partial charge in [0.05, 0.1) is 0 Å². The summed E-state index contributed by atoms with van der Waals surface area (Å²) in [5.41, 5.74) is 1.91. The highest BCUT2D eigenvalue weighted by atomic mass is 16.3. The van der Waals surface area contributed by atoms with Crippen molar-refractivity contribution in [2.24, 2.45) is 4.99 Å². The van der Waals surface area contributed by atoms with E-state index in [0.29, 0.717) is 0 Å². The molecule has 2 heteroatoms. The lowest BCUT2D eigenvalue weighted by Crippen LogP contribution is -1.73. The average Bonchev–Trinajstić information content (AvgIpc) is 2.61. The van der Waals surface area contributed by atoms with Crippen LogP contribution in [0.1, 0.15) is 44.8 Å². The van der Waals surface area contributed by atoms with E-state index >= 15 is 0 Å². The van der Waals surface area contributed by atoms with Crippen molar-refractivity contribution in [1.29, 1.82) is 0 Å². The monoisotopic (exact) mass is 229 g/mol. The molecule has 1 aromatic rings. The molecule has 0 aromatic carbocycles. The minimum Gasteiger partial charge on any atom is -0.454 e. The lowest BCUT2D eigenvalue weighted by Gasteiger charge is -1.92. The van der Waals surface area contributed by atoms with E-state index in [-0.39, 0.29) is 0 Å². The first-order valence-corrected chi connectivity index (χ1v) is 5.82. The molecule has 0 aliphatic carbocycles. The normalized spacial score (nSPS) is 12.9. The predicted octanol–water partition coefficient (Wildman–Crippen LogP) is 5.10. The molecule has 1 aromatic heterocycles. The molecule has 0 unspecified atom stereocenters. The fourth-order valence-corrected chi connectivity index (χ4v) is 1.60. The predicted molar refractivity (Wildman–Crippen MR) is 76.7 cm³/mol. The van der Waals surface area contributed by atoms with Crippen molar-refractivity contribution in [3.05, 3.63) is 35.3 Å². The fourth-order valence-electron chi connectivity index (χ4n) is 1.60. The van der Waals surface area contributed by atoms with Gasteiger partial charge in [0.25, 0.3) is 0 Å². The SMILES string of the molecule is CC=Nc1c(/C=C\C)oc(/C=C\C)c1/C=C\C. The van der Waals surface area contributed by atoms with Gasteiger partial charge in [0.1, 0.15) is 11.4 Å². The molecule has 0 saturated carbocycles. The Bertz CT molecular complexity index is 431. The maximum absolute atomic E-state index is 5.79. The van der Waals surface area contributed by atoms with Crippen molar-refractivity contribution >= 4 is 30.1 Å². The van der Waals surface area contributed by atoms with E-state index in [1.165, 1.54) is 0 Å². The molecule has 0 aliphatic rings. The second-order valence-corrected chi connectivity index (χ2v) is 3.48. The Morgan fingerprint density at radius 3 is 1.94 bits per heavy atom. The smallest absolute Gasteiger partial charge is 0.153 e. The van der Waals surface area contributed by atoms with Crippen LogP contribution in [-0.4, -0.2) is 6.21 Å². The number of hydrogen-bond donors (Lipinski definition) is 0. The van der Waals surface area contributed by atoms with Crippen LogP contribution in [-0.2, 0) is 0 Å². The van der Waals surface area contributed by atoms with Crippen LogP contribution in [0.5, 0.6) is 0 Å². The van der Waals surface area contributed by atoms with Crippen molar-refractivity contribution in [2.75, 3.05) is 0 Å². The van der Waals surface area contributed by atoms with E-state index in [4.69, 9.17) is 4.42 Å². The van der Waals surface area contributed by atoms with Crippen molar-refractivity contribution in [3.8, 4) is 0 Å². The highest BCUT2D eigenvalue weighted by molar-refractivity contribution is 5.80. The average molecular weight is 229 g/mol. The summed E-state index contributed by atoms with van der Waals surface area (Å²) in [7, 11) is 0. The van der Waals surface area contributed by atoms with Crippen LogP contribution in [0.3, 0.4) is 0 Å². The third kappa shape index (κ3) is 3.06. The van der Waals surface area contributed by atoms with Crippen molar-refractivity contribution < 1.29 is 4.42 Å². The van der Waals surface area contributed by atoms with Crippen molar-refractivity contribution in [1.82, 2.24) is 0 Å². The number of aliphatic imine (C=N–C) groups is 1. The fraction of sp³-hybridized carbons (Fsp3) is 0.267. The molecule has 0 fully saturated rings. The van der Waals surface area contributed by atoms with Crippen LogP contribution in [0.25, 0.3) is 18.2 Å². The van der Waals surface area contributed by atoms with Crippen LogP contribution in [0.2, 0.25) is 0 Å². The van der Waals surface area contributed by atoms with Gasteiger partial charge < -0.3 is 4.42 Å². The first-order valence-electron chi connectivity index (χ1n) is 5.82. The zero-order valence-electron chi connectivity index (χ0n) is 10.9. The second kappa shape index (κ2) is 6.69. The third-order valence-corrected chi connectivity index (χ3v) is 2.20. The van der Waals surface area contributed by atoms with E-state index in [1.807, 2.05) is 64.2 Å². The van der Waals surface area contributed by atoms with Gasteiger partial charge in [0, 0.05) is 11.8 Å². The Hall–Kier alpha value is -1.83. The summed E-state index contributed by atoms with van der Waals surface area (Å²) >= 11 is 0. The lowest BCUT2D eigenvalue weighted by atomic mass is 10.1. The van der Waals surface area contributed by atoms with Crippen molar-refractivity contribution in [2.45, 2.75) is 27.7 Å². The molecule has 0 aliphatic heterocycles. The molecule has 0 spiro atoms. The van der Waals surface area contributed by atoms with Gasteiger partial charge in [-0.2, -0.15) is 0 Å². The first kappa shape index (κ1) is 13.2. The van der Waals surface area contributed by atoms with E-state index in [9.17, 15) is 0 Å². The summed E-state index contributed by atoms with van der Waals surface area (Å²) in [6.07, 6.45) is 13.6. The molecule has 0 saturated heterocycles. The molecule has 0 amide bonds. The second-order valence-electron chi connectivity index (χ2n) is 3.48. The summed E-state index contributed by atoms with van der Waals surface area (Å²) in [6, 6.07) is 0. The van der Waals surface area contributed by atoms with E-state index in [2.05, 4.69) is 4.99 Å². The number of hydrogen-bond acceptors (Lipinski definition) is 2. The van der Waals surface area contributed by atoms with Gasteiger partial charge in [-0.3, -0.25) is 4.99 Å². The first-order chi connectivity index (χ1) is 8.28. The summed E-state index contributed by atoms with van der Waals surface area (Å²) < 4.78 is 5.79. The standard InChI is InChI=1S/C15H19NO/c1-5-9-12-13(10-6-2)17-14(11-7-3)15(12)16-8-4/h5-11H,1-4H3/b9-5-,10-6-,11-7-,16-8?. The number of rotatable bonds is 4. The van der Waals surface area contributed by atoms with Gasteiger partial charge in [-0.1, -0.05) is 24.3 Å². The van der Waals surface area contributed by atoms with Gasteiger partial charge in [-0.15, -0.1) is 0 Å². The number of furan rings is 1. The minimum atomic E-state index is 0.798. The number of allylic oxidation sites excluding steroid dienone is 3. The van der Waals surface area contributed by atoms with Gasteiger partial charge in [0.15, 0.2) is 5.76 Å². The zero-order valence-corrected chi connectivity index (χ0v) is 10.9. The minimum absolute atomic E-state index is 0.798. The quantitative estimate of drug-likeness (QED) is 0.659. The molecule has 1 rings (SSSR count). The molecule has 17 heavy (non-hydrogen) atoms. The maximum atomic E-state index is 5.79. The third-order valence-electron chi connectivity index (χ3n) is 2.20. The molecule has 1 heterocycles.